The monoisotopic (exact) mass is 581 g/mol. The molecule has 1 unspecified atom stereocenters. The zero-order chi connectivity index (χ0) is 30.3. The molecule has 5 aromatic rings. The molecule has 0 saturated heterocycles. The number of imidazole rings is 1. The molecule has 0 aliphatic carbocycles. The van der Waals surface area contributed by atoms with E-state index in [-0.39, 0.29) is 24.4 Å². The fourth-order valence-electron chi connectivity index (χ4n) is 4.87. The molecule has 43 heavy (non-hydrogen) atoms. The largest absolute Gasteiger partial charge is 0.494 e. The number of hydrogen-bond donors (Lipinski definition) is 3. The molecule has 0 amide bonds. The summed E-state index contributed by atoms with van der Waals surface area (Å²) >= 11 is 0. The first-order valence-corrected chi connectivity index (χ1v) is 14.2. The highest BCUT2D eigenvalue weighted by molar-refractivity contribution is 5.95. The van der Waals surface area contributed by atoms with Gasteiger partial charge in [-0.2, -0.15) is 0 Å². The smallest absolute Gasteiger partial charge is 0.171 e. The van der Waals surface area contributed by atoms with Crippen molar-refractivity contribution in [3.8, 4) is 11.5 Å². The van der Waals surface area contributed by atoms with Gasteiger partial charge in [0.15, 0.2) is 11.6 Å². The Morgan fingerprint density at radius 2 is 1.72 bits per heavy atom. The van der Waals surface area contributed by atoms with Crippen molar-refractivity contribution in [2.24, 2.45) is 5.73 Å². The predicted molar refractivity (Wildman–Crippen MR) is 167 cm³/mol. The van der Waals surface area contributed by atoms with E-state index in [0.717, 1.165) is 16.6 Å². The molecule has 0 fully saturated rings. The van der Waals surface area contributed by atoms with Crippen molar-refractivity contribution >= 4 is 22.6 Å². The molecule has 1 atom stereocenters. The summed E-state index contributed by atoms with van der Waals surface area (Å²) in [6.45, 7) is 6.57. The Hall–Kier alpha value is -4.89. The van der Waals surface area contributed by atoms with E-state index in [1.807, 2.05) is 79.9 Å². The molecule has 0 spiro atoms. The van der Waals surface area contributed by atoms with Gasteiger partial charge in [-0.05, 0) is 68.8 Å². The van der Waals surface area contributed by atoms with Crippen LogP contribution in [-0.4, -0.2) is 28.1 Å². The van der Waals surface area contributed by atoms with E-state index < -0.39 is 11.9 Å². The number of hydrogen-bond acceptors (Lipinski definition) is 6. The van der Waals surface area contributed by atoms with Gasteiger partial charge in [-0.15, -0.1) is 0 Å². The van der Waals surface area contributed by atoms with Crippen LogP contribution in [0, 0.1) is 11.2 Å². The summed E-state index contributed by atoms with van der Waals surface area (Å²) in [5.41, 5.74) is 9.89. The summed E-state index contributed by atoms with van der Waals surface area (Å²) in [5, 5.41) is 11.2. The van der Waals surface area contributed by atoms with Crippen LogP contribution < -0.4 is 20.5 Å². The lowest BCUT2D eigenvalue weighted by Gasteiger charge is -2.24. The molecule has 0 aliphatic heterocycles. The standard InChI is InChI=1S/C34H36FN5O3/c1-4-42-26-18-27(31(35)30(19-26)43-22(2)3)32(38-25-16-14-24(15-17-25)33(36)37)34-39-28-12-8-9-13-29(28)40(34)21-41-20-23-10-6-5-7-11-23/h5-19,22,32,38H,4,20-21H2,1-3H3,(H3,36,37). The predicted octanol–water partition coefficient (Wildman–Crippen LogP) is 7.02. The third-order valence-electron chi connectivity index (χ3n) is 6.81. The van der Waals surface area contributed by atoms with Crippen molar-refractivity contribution in [1.82, 2.24) is 9.55 Å². The molecule has 9 heteroatoms. The first-order valence-electron chi connectivity index (χ1n) is 14.2. The maximum atomic E-state index is 16.4. The lowest BCUT2D eigenvalue weighted by molar-refractivity contribution is 0.0644. The van der Waals surface area contributed by atoms with Crippen molar-refractivity contribution in [3.63, 3.8) is 0 Å². The van der Waals surface area contributed by atoms with Crippen molar-refractivity contribution < 1.29 is 18.6 Å². The lowest BCUT2D eigenvalue weighted by Crippen LogP contribution is -2.21. The van der Waals surface area contributed by atoms with Gasteiger partial charge in [0.25, 0.3) is 0 Å². The Morgan fingerprint density at radius 3 is 2.42 bits per heavy atom. The number of nitrogens with one attached hydrogen (secondary N) is 2. The molecule has 0 aliphatic rings. The fraction of sp³-hybridized carbons (Fsp3) is 0.235. The van der Waals surface area contributed by atoms with Gasteiger partial charge in [-0.3, -0.25) is 5.41 Å². The van der Waals surface area contributed by atoms with Gasteiger partial charge in [0.1, 0.15) is 30.2 Å². The fourth-order valence-corrected chi connectivity index (χ4v) is 4.87. The number of ether oxygens (including phenoxy) is 3. The van der Waals surface area contributed by atoms with Gasteiger partial charge in [0.2, 0.25) is 0 Å². The Balaban J connectivity index is 1.64. The number of nitrogens with two attached hydrogens (primary N) is 1. The summed E-state index contributed by atoms with van der Waals surface area (Å²) in [6.07, 6.45) is -0.249. The highest BCUT2D eigenvalue weighted by Gasteiger charge is 2.28. The van der Waals surface area contributed by atoms with Gasteiger partial charge >= 0.3 is 0 Å². The van der Waals surface area contributed by atoms with E-state index in [1.54, 1.807) is 36.4 Å². The molecule has 8 nitrogen and oxygen atoms in total. The first kappa shape index (κ1) is 29.6. The molecule has 5 rings (SSSR count). The third-order valence-corrected chi connectivity index (χ3v) is 6.81. The molecule has 1 heterocycles. The third kappa shape index (κ3) is 6.95. The summed E-state index contributed by atoms with van der Waals surface area (Å²) in [4.78, 5) is 4.98. The molecular weight excluding hydrogens is 545 g/mol. The summed E-state index contributed by atoms with van der Waals surface area (Å²) in [7, 11) is 0. The van der Waals surface area contributed by atoms with E-state index in [0.29, 0.717) is 41.6 Å². The van der Waals surface area contributed by atoms with E-state index >= 15 is 4.39 Å². The van der Waals surface area contributed by atoms with Crippen LogP contribution in [0.25, 0.3) is 11.0 Å². The minimum Gasteiger partial charge on any atom is -0.494 e. The Kier molecular flexibility index (Phi) is 9.22. The van der Waals surface area contributed by atoms with E-state index in [4.69, 9.17) is 30.3 Å². The molecule has 4 aromatic carbocycles. The van der Waals surface area contributed by atoms with Crippen LogP contribution in [-0.2, 0) is 18.1 Å². The van der Waals surface area contributed by atoms with Gasteiger partial charge in [-0.25, -0.2) is 9.37 Å². The molecule has 1 aromatic heterocycles. The second-order valence-corrected chi connectivity index (χ2v) is 10.3. The van der Waals surface area contributed by atoms with Crippen molar-refractivity contribution in [1.29, 1.82) is 5.41 Å². The van der Waals surface area contributed by atoms with Gasteiger partial charge < -0.3 is 29.8 Å². The van der Waals surface area contributed by atoms with Gasteiger partial charge in [-0.1, -0.05) is 42.5 Å². The molecular formula is C34H36FN5O3. The van der Waals surface area contributed by atoms with Crippen molar-refractivity contribution in [2.45, 2.75) is 46.3 Å². The molecule has 0 saturated carbocycles. The summed E-state index contributed by atoms with van der Waals surface area (Å²) < 4.78 is 36.2. The lowest BCUT2D eigenvalue weighted by atomic mass is 10.0. The SMILES string of the molecule is CCOc1cc(OC(C)C)c(F)c(C(Nc2ccc(C(=N)N)cc2)c2nc3ccccc3n2COCc2ccccc2)c1. The van der Waals surface area contributed by atoms with Crippen LogP contribution >= 0.6 is 0 Å². The number of nitrogens with zero attached hydrogens (tertiary/aromatic N) is 2. The number of nitrogen functional groups attached to an aromatic ring is 1. The van der Waals surface area contributed by atoms with E-state index in [1.165, 1.54) is 0 Å². The molecule has 4 N–H and O–H groups in total. The number of amidine groups is 1. The van der Waals surface area contributed by atoms with Crippen LogP contribution in [0.2, 0.25) is 0 Å². The quantitative estimate of drug-likeness (QED) is 0.102. The number of aromatic nitrogens is 2. The van der Waals surface area contributed by atoms with E-state index in [2.05, 4.69) is 5.32 Å². The molecule has 0 radical (unpaired) electrons. The Labute approximate surface area is 250 Å². The second kappa shape index (κ2) is 13.4. The normalized spacial score (nSPS) is 11.9. The summed E-state index contributed by atoms with van der Waals surface area (Å²) in [5.74, 6) is 0.576. The maximum absolute atomic E-state index is 16.4. The van der Waals surface area contributed by atoms with E-state index in [9.17, 15) is 0 Å². The number of halogens is 1. The van der Waals surface area contributed by atoms with Gasteiger partial charge in [0, 0.05) is 22.9 Å². The van der Waals surface area contributed by atoms with Crippen LogP contribution in [0.3, 0.4) is 0 Å². The number of anilines is 1. The van der Waals surface area contributed by atoms with Gasteiger partial charge in [0.05, 0.1) is 30.4 Å². The number of para-hydroxylation sites is 2. The minimum atomic E-state index is -0.772. The number of fused-ring (bicyclic) bond motifs is 1. The highest BCUT2D eigenvalue weighted by Crippen LogP contribution is 2.37. The zero-order valence-electron chi connectivity index (χ0n) is 24.5. The van der Waals surface area contributed by atoms with Crippen molar-refractivity contribution in [2.75, 3.05) is 11.9 Å². The Morgan fingerprint density at radius 1 is 1.00 bits per heavy atom. The average Bonchev–Trinajstić information content (AvgIpc) is 3.36. The highest BCUT2D eigenvalue weighted by atomic mass is 19.1. The average molecular weight is 582 g/mol. The second-order valence-electron chi connectivity index (χ2n) is 10.3. The topological polar surface area (TPSA) is 107 Å². The number of benzene rings is 4. The van der Waals surface area contributed by atoms with Crippen LogP contribution in [0.5, 0.6) is 11.5 Å². The molecule has 222 valence electrons. The maximum Gasteiger partial charge on any atom is 0.171 e. The number of rotatable bonds is 13. The summed E-state index contributed by atoms with van der Waals surface area (Å²) in [6, 6.07) is 27.3. The first-order chi connectivity index (χ1) is 20.8. The molecule has 0 bridgehead atoms. The minimum absolute atomic E-state index is 0.0357. The van der Waals surface area contributed by atoms with Crippen LogP contribution in [0.4, 0.5) is 10.1 Å². The van der Waals surface area contributed by atoms with Crippen LogP contribution in [0.1, 0.15) is 49.3 Å². The zero-order valence-corrected chi connectivity index (χ0v) is 24.5. The Bertz CT molecular complexity index is 1690. The van der Waals surface area contributed by atoms with Crippen LogP contribution in [0.15, 0.2) is 91.0 Å². The van der Waals surface area contributed by atoms with Crippen molar-refractivity contribution in [3.05, 3.63) is 119 Å².